The van der Waals surface area contributed by atoms with Crippen molar-refractivity contribution in [1.82, 2.24) is 10.3 Å². The molecule has 0 bridgehead atoms. The van der Waals surface area contributed by atoms with Crippen LogP contribution in [0.25, 0.3) is 10.9 Å². The van der Waals surface area contributed by atoms with E-state index in [-0.39, 0.29) is 24.8 Å². The fraction of sp³-hybridized carbons (Fsp3) is 0.238. The van der Waals surface area contributed by atoms with E-state index in [1.54, 1.807) is 0 Å². The fourth-order valence-electron chi connectivity index (χ4n) is 3.10. The van der Waals surface area contributed by atoms with Gasteiger partial charge in [-0.25, -0.2) is 0 Å². The van der Waals surface area contributed by atoms with Crippen molar-refractivity contribution in [1.29, 1.82) is 0 Å². The zero-order valence-electron chi connectivity index (χ0n) is 14.4. The van der Waals surface area contributed by atoms with E-state index >= 15 is 0 Å². The molecule has 0 fully saturated rings. The Labute approximate surface area is 152 Å². The highest BCUT2D eigenvalue weighted by atomic mass is 16.4. The molecule has 5 heteroatoms. The smallest absolute Gasteiger partial charge is 0.305 e. The van der Waals surface area contributed by atoms with Crippen molar-refractivity contribution >= 4 is 22.8 Å². The average Bonchev–Trinajstić information content (AvgIpc) is 3.04. The number of hydrogen-bond acceptors (Lipinski definition) is 2. The molecule has 0 saturated carbocycles. The SMILES string of the molecule is O=C(O)CCNC(=O)C(Cc1ccccc1)Cc1cc2ccccc2[nH]1. The van der Waals surface area contributed by atoms with Gasteiger partial charge >= 0.3 is 5.97 Å². The zero-order valence-corrected chi connectivity index (χ0v) is 14.4. The largest absolute Gasteiger partial charge is 0.481 e. The van der Waals surface area contributed by atoms with E-state index in [1.165, 1.54) is 0 Å². The lowest BCUT2D eigenvalue weighted by molar-refractivity contribution is -0.137. The number of para-hydroxylation sites is 1. The highest BCUT2D eigenvalue weighted by molar-refractivity contribution is 5.82. The third kappa shape index (κ3) is 4.72. The van der Waals surface area contributed by atoms with E-state index in [9.17, 15) is 9.59 Å². The molecule has 0 spiro atoms. The van der Waals surface area contributed by atoms with Crippen molar-refractivity contribution in [2.24, 2.45) is 5.92 Å². The Bertz CT molecular complexity index is 853. The Balaban J connectivity index is 1.74. The van der Waals surface area contributed by atoms with E-state index in [0.29, 0.717) is 12.8 Å². The van der Waals surface area contributed by atoms with Crippen molar-refractivity contribution in [3.8, 4) is 0 Å². The predicted octanol–water partition coefficient (Wildman–Crippen LogP) is 3.16. The number of carboxylic acid groups (broad SMARTS) is 1. The quantitative estimate of drug-likeness (QED) is 0.584. The first-order chi connectivity index (χ1) is 12.6. The number of aromatic amines is 1. The van der Waals surface area contributed by atoms with Crippen LogP contribution in [0.4, 0.5) is 0 Å². The molecular formula is C21H22N2O3. The molecular weight excluding hydrogens is 328 g/mol. The molecule has 0 saturated heterocycles. The maximum atomic E-state index is 12.6. The van der Waals surface area contributed by atoms with Crippen LogP contribution >= 0.6 is 0 Å². The third-order valence-electron chi connectivity index (χ3n) is 4.39. The molecule has 0 aliphatic heterocycles. The highest BCUT2D eigenvalue weighted by Gasteiger charge is 2.20. The zero-order chi connectivity index (χ0) is 18.4. The van der Waals surface area contributed by atoms with Gasteiger partial charge in [0, 0.05) is 23.7 Å². The summed E-state index contributed by atoms with van der Waals surface area (Å²) in [6.07, 6.45) is 1.10. The van der Waals surface area contributed by atoms with Crippen molar-refractivity contribution in [3.05, 3.63) is 71.9 Å². The highest BCUT2D eigenvalue weighted by Crippen LogP contribution is 2.20. The summed E-state index contributed by atoms with van der Waals surface area (Å²) >= 11 is 0. The Morgan fingerprint density at radius 2 is 1.73 bits per heavy atom. The number of amides is 1. The van der Waals surface area contributed by atoms with Crippen LogP contribution in [-0.4, -0.2) is 28.5 Å². The number of aliphatic carboxylic acids is 1. The molecule has 5 nitrogen and oxygen atoms in total. The van der Waals surface area contributed by atoms with E-state index in [4.69, 9.17) is 5.11 Å². The number of benzene rings is 2. The molecule has 0 aliphatic rings. The molecule has 3 rings (SSSR count). The Morgan fingerprint density at radius 3 is 2.46 bits per heavy atom. The summed E-state index contributed by atoms with van der Waals surface area (Å²) in [5.74, 6) is -1.30. The van der Waals surface area contributed by atoms with E-state index in [0.717, 1.165) is 22.2 Å². The van der Waals surface area contributed by atoms with E-state index in [1.807, 2.05) is 54.6 Å². The van der Waals surface area contributed by atoms with Crippen LogP contribution in [0, 0.1) is 5.92 Å². The number of carboxylic acids is 1. The van der Waals surface area contributed by atoms with Crippen LogP contribution in [0.5, 0.6) is 0 Å². The molecule has 0 aliphatic carbocycles. The molecule has 1 amide bonds. The van der Waals surface area contributed by atoms with Crippen LogP contribution in [-0.2, 0) is 22.4 Å². The lowest BCUT2D eigenvalue weighted by Gasteiger charge is -2.16. The molecule has 1 unspecified atom stereocenters. The lowest BCUT2D eigenvalue weighted by atomic mass is 9.94. The standard InChI is InChI=1S/C21H22N2O3/c24-20(25)10-11-22-21(26)17(12-15-6-2-1-3-7-15)14-18-13-16-8-4-5-9-19(16)23-18/h1-9,13,17,23H,10-12,14H2,(H,22,26)(H,24,25). The number of fused-ring (bicyclic) bond motifs is 1. The van der Waals surface area contributed by atoms with Crippen LogP contribution < -0.4 is 5.32 Å². The van der Waals surface area contributed by atoms with Crippen molar-refractivity contribution in [2.75, 3.05) is 6.54 Å². The van der Waals surface area contributed by atoms with Crippen molar-refractivity contribution in [3.63, 3.8) is 0 Å². The summed E-state index contributed by atoms with van der Waals surface area (Å²) in [6.45, 7) is 0.145. The molecule has 3 aromatic rings. The van der Waals surface area contributed by atoms with Crippen LogP contribution in [0.1, 0.15) is 17.7 Å². The number of nitrogens with one attached hydrogen (secondary N) is 2. The van der Waals surface area contributed by atoms with Gasteiger partial charge in [0.15, 0.2) is 0 Å². The van der Waals surface area contributed by atoms with Crippen molar-refractivity contribution in [2.45, 2.75) is 19.3 Å². The summed E-state index contributed by atoms with van der Waals surface area (Å²) in [5.41, 5.74) is 3.13. The van der Waals surface area contributed by atoms with Gasteiger partial charge < -0.3 is 15.4 Å². The lowest BCUT2D eigenvalue weighted by Crippen LogP contribution is -2.34. The Hall–Kier alpha value is -3.08. The Kier molecular flexibility index (Phi) is 5.69. The minimum Gasteiger partial charge on any atom is -0.481 e. The monoisotopic (exact) mass is 350 g/mol. The van der Waals surface area contributed by atoms with Gasteiger partial charge in [-0.15, -0.1) is 0 Å². The van der Waals surface area contributed by atoms with Gasteiger partial charge in [-0.1, -0.05) is 48.5 Å². The third-order valence-corrected chi connectivity index (χ3v) is 4.39. The maximum absolute atomic E-state index is 12.6. The number of rotatable bonds is 8. The van der Waals surface area contributed by atoms with E-state index in [2.05, 4.69) is 16.4 Å². The number of carbonyl (C=O) groups excluding carboxylic acids is 1. The molecule has 26 heavy (non-hydrogen) atoms. The first-order valence-electron chi connectivity index (χ1n) is 8.72. The summed E-state index contributed by atoms with van der Waals surface area (Å²) in [6, 6.07) is 19.9. The van der Waals surface area contributed by atoms with E-state index < -0.39 is 5.97 Å². The summed E-state index contributed by atoms with van der Waals surface area (Å²) in [4.78, 5) is 26.7. The van der Waals surface area contributed by atoms with Gasteiger partial charge in [0.1, 0.15) is 0 Å². The normalized spacial score (nSPS) is 12.0. The van der Waals surface area contributed by atoms with Gasteiger partial charge in [-0.3, -0.25) is 9.59 Å². The minimum absolute atomic E-state index is 0.0732. The predicted molar refractivity (Wildman–Crippen MR) is 101 cm³/mol. The second kappa shape index (κ2) is 8.34. The molecule has 1 atom stereocenters. The van der Waals surface area contributed by atoms with Crippen LogP contribution in [0.15, 0.2) is 60.7 Å². The number of H-pyrrole nitrogens is 1. The molecule has 1 heterocycles. The van der Waals surface area contributed by atoms with Crippen LogP contribution in [0.2, 0.25) is 0 Å². The second-order valence-corrected chi connectivity index (χ2v) is 6.41. The minimum atomic E-state index is -0.916. The molecule has 2 aromatic carbocycles. The van der Waals surface area contributed by atoms with Crippen LogP contribution in [0.3, 0.4) is 0 Å². The van der Waals surface area contributed by atoms with Gasteiger partial charge in [-0.05, 0) is 35.9 Å². The fourth-order valence-corrected chi connectivity index (χ4v) is 3.10. The first kappa shape index (κ1) is 17.7. The molecule has 3 N–H and O–H groups in total. The second-order valence-electron chi connectivity index (χ2n) is 6.41. The van der Waals surface area contributed by atoms with Gasteiger partial charge in [0.25, 0.3) is 0 Å². The topological polar surface area (TPSA) is 82.2 Å². The van der Waals surface area contributed by atoms with Crippen molar-refractivity contribution < 1.29 is 14.7 Å². The number of hydrogen-bond donors (Lipinski definition) is 3. The van der Waals surface area contributed by atoms with Gasteiger partial charge in [0.05, 0.1) is 6.42 Å². The number of carbonyl (C=O) groups is 2. The first-order valence-corrected chi connectivity index (χ1v) is 8.72. The maximum Gasteiger partial charge on any atom is 0.305 e. The molecule has 0 radical (unpaired) electrons. The van der Waals surface area contributed by atoms with Gasteiger partial charge in [-0.2, -0.15) is 0 Å². The average molecular weight is 350 g/mol. The summed E-state index contributed by atoms with van der Waals surface area (Å²) in [5, 5.41) is 12.6. The molecule has 1 aromatic heterocycles. The number of aromatic nitrogens is 1. The summed E-state index contributed by atoms with van der Waals surface area (Å²) in [7, 11) is 0. The van der Waals surface area contributed by atoms with Gasteiger partial charge in [0.2, 0.25) is 5.91 Å². The Morgan fingerprint density at radius 1 is 1.00 bits per heavy atom. The molecule has 134 valence electrons. The summed E-state index contributed by atoms with van der Waals surface area (Å²) < 4.78 is 0.